The van der Waals surface area contributed by atoms with Crippen molar-refractivity contribution in [2.45, 2.75) is 26.1 Å². The van der Waals surface area contributed by atoms with Crippen molar-refractivity contribution in [1.82, 2.24) is 25.7 Å². The molecule has 1 aromatic carbocycles. The van der Waals surface area contributed by atoms with E-state index in [1.807, 2.05) is 6.07 Å². The van der Waals surface area contributed by atoms with E-state index in [4.69, 9.17) is 0 Å². The molecule has 1 aromatic heterocycles. The van der Waals surface area contributed by atoms with Crippen molar-refractivity contribution < 1.29 is 27.2 Å². The summed E-state index contributed by atoms with van der Waals surface area (Å²) in [4.78, 5) is 25.8. The number of carbonyl (C=O) groups is 2. The monoisotopic (exact) mass is 420 g/mol. The maximum Gasteiger partial charge on any atom is 0.470 e. The van der Waals surface area contributed by atoms with Crippen LogP contribution < -0.4 is 10.6 Å². The lowest BCUT2D eigenvalue weighted by Crippen LogP contribution is -2.53. The molecule has 0 saturated carbocycles. The number of urea groups is 2. The third-order valence-corrected chi connectivity index (χ3v) is 4.23. The Hall–Kier alpha value is -3.88. The molecule has 0 aliphatic carbocycles. The first-order valence-corrected chi connectivity index (χ1v) is 8.67. The van der Waals surface area contributed by atoms with E-state index >= 15 is 0 Å². The van der Waals surface area contributed by atoms with Crippen molar-refractivity contribution in [2.24, 2.45) is 0 Å². The molecule has 2 N–H and O–H groups in total. The minimum absolute atomic E-state index is 0.0968. The minimum atomic E-state index is -4.80. The molecule has 0 spiro atoms. The molecule has 0 radical (unpaired) electrons. The lowest BCUT2D eigenvalue weighted by atomic mass is 9.93. The number of nitriles is 1. The number of rotatable bonds is 3. The summed E-state index contributed by atoms with van der Waals surface area (Å²) in [6.07, 6.45) is -4.80. The second-order valence-electron chi connectivity index (χ2n) is 6.22. The standard InChI is InChI=1S/C18H15F3N6O3/c1-3-23-16(28)27-13(12(8-22)9(2)24-17(27)29)10-5-4-6-11(7-10)14-25-26-15(30-14)18(19,20)21/h4-7,13H,3H2,1-2H3,(H,23,28)(H,24,29). The van der Waals surface area contributed by atoms with Crippen LogP contribution in [0.25, 0.3) is 11.5 Å². The predicted molar refractivity (Wildman–Crippen MR) is 95.2 cm³/mol. The number of imide groups is 1. The van der Waals surface area contributed by atoms with Gasteiger partial charge >= 0.3 is 24.1 Å². The van der Waals surface area contributed by atoms with Crippen LogP contribution in [-0.2, 0) is 6.18 Å². The number of alkyl halides is 3. The van der Waals surface area contributed by atoms with Crippen LogP contribution >= 0.6 is 0 Å². The van der Waals surface area contributed by atoms with E-state index in [-0.39, 0.29) is 23.4 Å². The van der Waals surface area contributed by atoms with Crippen LogP contribution in [0.4, 0.5) is 22.8 Å². The normalized spacial score (nSPS) is 16.9. The molecule has 0 fully saturated rings. The zero-order chi connectivity index (χ0) is 22.1. The number of aromatic nitrogens is 2. The summed E-state index contributed by atoms with van der Waals surface area (Å²) in [6.45, 7) is 3.41. The second kappa shape index (κ2) is 7.86. The molecule has 2 aromatic rings. The summed E-state index contributed by atoms with van der Waals surface area (Å²) >= 11 is 0. The van der Waals surface area contributed by atoms with E-state index in [9.17, 15) is 28.0 Å². The van der Waals surface area contributed by atoms with Gasteiger partial charge in [0.2, 0.25) is 5.89 Å². The van der Waals surface area contributed by atoms with Crippen molar-refractivity contribution >= 4 is 12.1 Å². The quantitative estimate of drug-likeness (QED) is 0.785. The minimum Gasteiger partial charge on any atom is -0.413 e. The maximum atomic E-state index is 12.7. The number of allylic oxidation sites excluding steroid dienone is 1. The van der Waals surface area contributed by atoms with Crippen molar-refractivity contribution in [3.8, 4) is 17.5 Å². The van der Waals surface area contributed by atoms with Crippen LogP contribution in [0.5, 0.6) is 0 Å². The molecule has 0 saturated heterocycles. The average Bonchev–Trinajstić information content (AvgIpc) is 3.18. The number of nitrogens with one attached hydrogen (secondary N) is 2. The first-order valence-electron chi connectivity index (χ1n) is 8.67. The topological polar surface area (TPSA) is 124 Å². The van der Waals surface area contributed by atoms with Crippen molar-refractivity contribution in [1.29, 1.82) is 5.26 Å². The zero-order valence-corrected chi connectivity index (χ0v) is 15.7. The number of nitrogens with zero attached hydrogens (tertiary/aromatic N) is 4. The molecule has 0 bridgehead atoms. The van der Waals surface area contributed by atoms with Crippen molar-refractivity contribution in [3.63, 3.8) is 0 Å². The SMILES string of the molecule is CCNC(=O)N1C(=O)NC(C)=C(C#N)C1c1cccc(-c2nnc(C(F)(F)F)o2)c1. The Labute approximate surface area is 168 Å². The highest BCUT2D eigenvalue weighted by molar-refractivity contribution is 5.96. The van der Waals surface area contributed by atoms with Gasteiger partial charge in [0.25, 0.3) is 0 Å². The highest BCUT2D eigenvalue weighted by Gasteiger charge is 2.40. The fraction of sp³-hybridized carbons (Fsp3) is 0.278. The highest BCUT2D eigenvalue weighted by atomic mass is 19.4. The molecule has 9 nitrogen and oxygen atoms in total. The van der Waals surface area contributed by atoms with Crippen molar-refractivity contribution in [3.05, 3.63) is 47.0 Å². The molecule has 1 aliphatic heterocycles. The van der Waals surface area contributed by atoms with E-state index in [1.54, 1.807) is 6.92 Å². The van der Waals surface area contributed by atoms with Gasteiger partial charge in [-0.2, -0.15) is 18.4 Å². The average molecular weight is 420 g/mol. The first kappa shape index (κ1) is 20.8. The van der Waals surface area contributed by atoms with Crippen LogP contribution in [0.2, 0.25) is 0 Å². The molecule has 30 heavy (non-hydrogen) atoms. The van der Waals surface area contributed by atoms with Gasteiger partial charge in [0.05, 0.1) is 11.6 Å². The number of halogens is 3. The Morgan fingerprint density at radius 3 is 2.73 bits per heavy atom. The fourth-order valence-electron chi connectivity index (χ4n) is 2.94. The fourth-order valence-corrected chi connectivity index (χ4v) is 2.94. The van der Waals surface area contributed by atoms with Crippen LogP contribution in [0.15, 0.2) is 40.0 Å². The molecule has 156 valence electrons. The summed E-state index contributed by atoms with van der Waals surface area (Å²) in [6, 6.07) is 5.23. The van der Waals surface area contributed by atoms with E-state index in [0.29, 0.717) is 5.56 Å². The summed E-state index contributed by atoms with van der Waals surface area (Å²) in [5.74, 6) is -1.90. The number of benzene rings is 1. The Morgan fingerprint density at radius 1 is 1.40 bits per heavy atom. The molecule has 12 heteroatoms. The van der Waals surface area contributed by atoms with E-state index in [1.165, 1.54) is 31.2 Å². The first-order chi connectivity index (χ1) is 14.2. The number of hydrogen-bond donors (Lipinski definition) is 2. The Bertz CT molecular complexity index is 1070. The lowest BCUT2D eigenvalue weighted by Gasteiger charge is -2.34. The summed E-state index contributed by atoms with van der Waals surface area (Å²) in [5, 5.41) is 20.9. The van der Waals surface area contributed by atoms with Crippen LogP contribution in [0, 0.1) is 11.3 Å². The smallest absolute Gasteiger partial charge is 0.413 e. The molecule has 1 atom stereocenters. The van der Waals surface area contributed by atoms with Crippen LogP contribution in [-0.4, -0.2) is 33.7 Å². The number of carbonyl (C=O) groups excluding carboxylic acids is 2. The molecule has 3 rings (SSSR count). The maximum absolute atomic E-state index is 12.7. The van der Waals surface area contributed by atoms with Gasteiger partial charge in [0.15, 0.2) is 0 Å². The third kappa shape index (κ3) is 3.82. The van der Waals surface area contributed by atoms with Gasteiger partial charge in [-0.25, -0.2) is 14.5 Å². The molecule has 1 unspecified atom stereocenters. The van der Waals surface area contributed by atoms with E-state index < -0.39 is 36.1 Å². The van der Waals surface area contributed by atoms with Gasteiger partial charge in [0.1, 0.15) is 6.04 Å². The summed E-state index contributed by atoms with van der Waals surface area (Å²) < 4.78 is 42.9. The van der Waals surface area contributed by atoms with Gasteiger partial charge in [-0.1, -0.05) is 12.1 Å². The molecule has 2 heterocycles. The highest BCUT2D eigenvalue weighted by Crippen LogP contribution is 2.36. The van der Waals surface area contributed by atoms with Gasteiger partial charge in [-0.05, 0) is 31.5 Å². The Morgan fingerprint density at radius 2 is 2.13 bits per heavy atom. The molecule has 1 aliphatic rings. The summed E-state index contributed by atoms with van der Waals surface area (Å²) in [5.41, 5.74) is 0.790. The Balaban J connectivity index is 2.09. The van der Waals surface area contributed by atoms with E-state index in [0.717, 1.165) is 4.90 Å². The molecule has 4 amide bonds. The van der Waals surface area contributed by atoms with Gasteiger partial charge < -0.3 is 15.1 Å². The zero-order valence-electron chi connectivity index (χ0n) is 15.7. The van der Waals surface area contributed by atoms with E-state index in [2.05, 4.69) is 25.2 Å². The van der Waals surface area contributed by atoms with Crippen molar-refractivity contribution in [2.75, 3.05) is 6.54 Å². The number of amides is 4. The lowest BCUT2D eigenvalue weighted by molar-refractivity contribution is -0.156. The predicted octanol–water partition coefficient (Wildman–Crippen LogP) is 3.35. The van der Waals surface area contributed by atoms with Gasteiger partial charge in [-0.15, -0.1) is 10.2 Å². The van der Waals surface area contributed by atoms with Gasteiger partial charge in [-0.3, -0.25) is 0 Å². The van der Waals surface area contributed by atoms with Gasteiger partial charge in [0, 0.05) is 17.8 Å². The second-order valence-corrected chi connectivity index (χ2v) is 6.22. The Kier molecular flexibility index (Phi) is 5.46. The van der Waals surface area contributed by atoms with Crippen LogP contribution in [0.1, 0.15) is 31.3 Å². The summed E-state index contributed by atoms with van der Waals surface area (Å²) in [7, 11) is 0. The third-order valence-electron chi connectivity index (χ3n) is 4.23. The largest absolute Gasteiger partial charge is 0.470 e. The molecular weight excluding hydrogens is 405 g/mol. The molecular formula is C18H15F3N6O3. The number of hydrogen-bond acceptors (Lipinski definition) is 6. The van der Waals surface area contributed by atoms with Crippen LogP contribution in [0.3, 0.4) is 0 Å².